The van der Waals surface area contributed by atoms with Crippen LogP contribution in [0.4, 0.5) is 0 Å². The van der Waals surface area contributed by atoms with Crippen molar-refractivity contribution in [2.75, 3.05) is 13.1 Å². The second kappa shape index (κ2) is 12.9. The highest BCUT2D eigenvalue weighted by Gasteiger charge is 2.40. The molecule has 4 aliphatic rings. The summed E-state index contributed by atoms with van der Waals surface area (Å²) in [6.07, 6.45) is 6.23. The van der Waals surface area contributed by atoms with Gasteiger partial charge in [-0.3, -0.25) is 19.2 Å². The summed E-state index contributed by atoms with van der Waals surface area (Å²) in [7, 11) is 0. The number of rotatable bonds is 2. The molecule has 4 bridgehead atoms. The van der Waals surface area contributed by atoms with E-state index in [1.165, 1.54) is 23.3 Å². The Bertz CT molecular complexity index is 1720. The van der Waals surface area contributed by atoms with Gasteiger partial charge in [-0.05, 0) is 72.7 Å². The molecular formula is C37H40N4O6. The summed E-state index contributed by atoms with van der Waals surface area (Å²) in [4.78, 5) is 55.9. The Labute approximate surface area is 274 Å². The molecule has 0 radical (unpaired) electrons. The number of phenolic OH excluding ortho intramolecular Hbond substituents is 1. The summed E-state index contributed by atoms with van der Waals surface area (Å²) < 4.78 is 5.97. The summed E-state index contributed by atoms with van der Waals surface area (Å²) >= 11 is 0. The number of nitrogens with zero attached hydrogens (tertiary/aromatic N) is 1. The predicted molar refractivity (Wildman–Crippen MR) is 177 cm³/mol. The van der Waals surface area contributed by atoms with Crippen LogP contribution in [0.1, 0.15) is 60.7 Å². The van der Waals surface area contributed by atoms with Gasteiger partial charge >= 0.3 is 0 Å². The minimum absolute atomic E-state index is 0.0531. The average molecular weight is 637 g/mol. The standard InChI is InChI=1S/C37H40N4O6/c1-22(2)32-35(45)38-23(3)33(43)39-30(36(46)41-18-16-37(17-19-41)15-14-25-6-4-5-7-29(25)37)20-24-8-10-26(11-9-24)47-27-12-13-31(42)28(21-27)34(44)40-32/h4-15,21-23,30,32,42H,16-20H2,1-3H3,(H,38,45)(H,39,43)(H,40,44)/t23-,30+,32-/m0/s1. The van der Waals surface area contributed by atoms with Crippen LogP contribution in [-0.4, -0.2) is 64.9 Å². The normalized spacial score (nSPS) is 22.5. The second-order valence-corrected chi connectivity index (χ2v) is 13.0. The molecule has 3 atom stereocenters. The first-order valence-corrected chi connectivity index (χ1v) is 16.1. The number of amides is 4. The highest BCUT2D eigenvalue weighted by atomic mass is 16.5. The molecule has 4 N–H and O–H groups in total. The van der Waals surface area contributed by atoms with Crippen molar-refractivity contribution in [3.63, 3.8) is 0 Å². The van der Waals surface area contributed by atoms with E-state index in [1.54, 1.807) is 39.0 Å². The van der Waals surface area contributed by atoms with E-state index in [0.29, 0.717) is 24.6 Å². The van der Waals surface area contributed by atoms with Crippen molar-refractivity contribution < 1.29 is 29.0 Å². The highest BCUT2D eigenvalue weighted by molar-refractivity contribution is 6.00. The lowest BCUT2D eigenvalue weighted by atomic mass is 9.74. The molecule has 0 aromatic heterocycles. The van der Waals surface area contributed by atoms with Crippen LogP contribution < -0.4 is 20.7 Å². The molecular weight excluding hydrogens is 596 g/mol. The molecule has 0 saturated carbocycles. The quantitative estimate of drug-likeness (QED) is 0.313. The van der Waals surface area contributed by atoms with Crippen LogP contribution in [0.5, 0.6) is 17.2 Å². The van der Waals surface area contributed by atoms with Gasteiger partial charge in [0.15, 0.2) is 0 Å². The van der Waals surface area contributed by atoms with Crippen molar-refractivity contribution in [3.8, 4) is 17.2 Å². The molecule has 3 aliphatic heterocycles. The third-order valence-electron chi connectivity index (χ3n) is 9.46. The number of fused-ring (bicyclic) bond motifs is 13. The molecule has 7 rings (SSSR count). The number of ether oxygens (including phenoxy) is 1. The zero-order chi connectivity index (χ0) is 33.3. The second-order valence-electron chi connectivity index (χ2n) is 13.0. The van der Waals surface area contributed by atoms with Crippen LogP contribution in [0, 0.1) is 5.92 Å². The number of allylic oxidation sites excluding steroid dienone is 1. The topological polar surface area (TPSA) is 137 Å². The Hall–Kier alpha value is -5.12. The molecule has 10 heteroatoms. The number of nitrogens with one attached hydrogen (secondary N) is 3. The fraction of sp³-hybridized carbons (Fsp3) is 0.351. The first kappa shape index (κ1) is 31.8. The van der Waals surface area contributed by atoms with Gasteiger partial charge in [-0.15, -0.1) is 0 Å². The number of hydrogen-bond acceptors (Lipinski definition) is 6. The maximum absolute atomic E-state index is 14.1. The Morgan fingerprint density at radius 3 is 2.34 bits per heavy atom. The van der Waals surface area contributed by atoms with Gasteiger partial charge in [0.1, 0.15) is 35.4 Å². The van der Waals surface area contributed by atoms with E-state index in [4.69, 9.17) is 4.74 Å². The number of hydrogen-bond donors (Lipinski definition) is 4. The fourth-order valence-corrected chi connectivity index (χ4v) is 6.66. The van der Waals surface area contributed by atoms with E-state index in [2.05, 4.69) is 46.3 Å². The Kier molecular flexibility index (Phi) is 8.77. The zero-order valence-corrected chi connectivity index (χ0v) is 26.8. The van der Waals surface area contributed by atoms with Crippen molar-refractivity contribution in [2.24, 2.45) is 5.92 Å². The van der Waals surface area contributed by atoms with Gasteiger partial charge in [0.05, 0.1) is 5.56 Å². The summed E-state index contributed by atoms with van der Waals surface area (Å²) in [6.45, 7) is 6.17. The molecule has 244 valence electrons. The average Bonchev–Trinajstić information content (AvgIpc) is 3.41. The first-order chi connectivity index (χ1) is 22.5. The number of carbonyl (C=O) groups excluding carboxylic acids is 4. The minimum Gasteiger partial charge on any atom is -0.507 e. The van der Waals surface area contributed by atoms with E-state index >= 15 is 0 Å². The monoisotopic (exact) mass is 636 g/mol. The third-order valence-corrected chi connectivity index (χ3v) is 9.46. The lowest BCUT2D eigenvalue weighted by Gasteiger charge is -2.40. The van der Waals surface area contributed by atoms with Gasteiger partial charge in [0.25, 0.3) is 5.91 Å². The van der Waals surface area contributed by atoms with Crippen LogP contribution in [-0.2, 0) is 26.2 Å². The van der Waals surface area contributed by atoms with Crippen LogP contribution in [0.25, 0.3) is 6.08 Å². The largest absolute Gasteiger partial charge is 0.507 e. The van der Waals surface area contributed by atoms with Gasteiger partial charge in [-0.25, -0.2) is 0 Å². The smallest absolute Gasteiger partial charge is 0.255 e. The lowest BCUT2D eigenvalue weighted by Crippen LogP contribution is -2.58. The Morgan fingerprint density at radius 1 is 0.915 bits per heavy atom. The van der Waals surface area contributed by atoms with Crippen molar-refractivity contribution in [3.05, 3.63) is 95.1 Å². The van der Waals surface area contributed by atoms with Gasteiger partial charge < -0.3 is 30.7 Å². The van der Waals surface area contributed by atoms with Crippen molar-refractivity contribution in [1.29, 1.82) is 0 Å². The molecule has 1 fully saturated rings. The number of likely N-dealkylation sites (tertiary alicyclic amines) is 1. The van der Waals surface area contributed by atoms with E-state index in [-0.39, 0.29) is 35.0 Å². The number of benzene rings is 3. The van der Waals surface area contributed by atoms with Crippen molar-refractivity contribution >= 4 is 29.7 Å². The predicted octanol–water partition coefficient (Wildman–Crippen LogP) is 4.07. The summed E-state index contributed by atoms with van der Waals surface area (Å²) in [5.74, 6) is -1.72. The first-order valence-electron chi connectivity index (χ1n) is 16.1. The number of aromatic hydroxyl groups is 1. The minimum atomic E-state index is -1.000. The Morgan fingerprint density at radius 2 is 1.62 bits per heavy atom. The van der Waals surface area contributed by atoms with Gasteiger partial charge in [0.2, 0.25) is 17.7 Å². The molecule has 47 heavy (non-hydrogen) atoms. The van der Waals surface area contributed by atoms with Gasteiger partial charge in [-0.1, -0.05) is 62.4 Å². The SMILES string of the molecule is CC(C)[C@@H]1NC(=O)c2cc(ccc2O)Oc2ccc(cc2)C[C@H](C(=O)N2CCC3(C=Cc4ccccc43)CC2)NC(=O)[C@H](C)NC1=O. The molecule has 3 aromatic carbocycles. The zero-order valence-electron chi connectivity index (χ0n) is 26.8. The molecule has 3 heterocycles. The number of phenols is 1. The van der Waals surface area contributed by atoms with Crippen LogP contribution >= 0.6 is 0 Å². The highest BCUT2D eigenvalue weighted by Crippen LogP contribution is 2.43. The Balaban J connectivity index is 1.26. The maximum atomic E-state index is 14.1. The summed E-state index contributed by atoms with van der Waals surface area (Å²) in [5.41, 5.74) is 3.17. The van der Waals surface area contributed by atoms with Crippen LogP contribution in [0.15, 0.2) is 72.8 Å². The number of piperidine rings is 1. The van der Waals surface area contributed by atoms with E-state index in [9.17, 15) is 24.3 Å². The molecule has 1 saturated heterocycles. The van der Waals surface area contributed by atoms with Gasteiger partial charge in [0, 0.05) is 24.9 Å². The number of carbonyl (C=O) groups is 4. The molecule has 1 spiro atoms. The lowest BCUT2D eigenvalue weighted by molar-refractivity contribution is -0.138. The van der Waals surface area contributed by atoms with Crippen LogP contribution in [0.3, 0.4) is 0 Å². The maximum Gasteiger partial charge on any atom is 0.255 e. The molecule has 4 amide bonds. The molecule has 1 aliphatic carbocycles. The fourth-order valence-electron chi connectivity index (χ4n) is 6.66. The van der Waals surface area contributed by atoms with Crippen molar-refractivity contribution in [1.82, 2.24) is 20.9 Å². The third kappa shape index (κ3) is 6.58. The van der Waals surface area contributed by atoms with Crippen molar-refractivity contribution in [2.45, 2.75) is 63.6 Å². The molecule has 3 aromatic rings. The summed E-state index contributed by atoms with van der Waals surface area (Å²) in [5, 5.41) is 18.7. The van der Waals surface area contributed by atoms with E-state index in [1.807, 2.05) is 23.1 Å². The van der Waals surface area contributed by atoms with E-state index < -0.39 is 35.8 Å². The summed E-state index contributed by atoms with van der Waals surface area (Å²) in [6, 6.07) is 17.0. The van der Waals surface area contributed by atoms with Gasteiger partial charge in [-0.2, -0.15) is 0 Å². The van der Waals surface area contributed by atoms with Crippen LogP contribution in [0.2, 0.25) is 0 Å². The van der Waals surface area contributed by atoms with E-state index in [0.717, 1.165) is 18.4 Å². The molecule has 0 unspecified atom stereocenters. The molecule has 10 nitrogen and oxygen atoms in total.